The Kier molecular flexibility index (Phi) is 5.16. The molecule has 6 heteroatoms. The van der Waals surface area contributed by atoms with Gasteiger partial charge >= 0.3 is 0 Å². The lowest BCUT2D eigenvalue weighted by Gasteiger charge is -2.35. The molecule has 4 rings (SSSR count). The fourth-order valence-corrected chi connectivity index (χ4v) is 3.43. The van der Waals surface area contributed by atoms with E-state index in [4.69, 9.17) is 14.2 Å². The molecule has 0 unspecified atom stereocenters. The number of benzene rings is 2. The van der Waals surface area contributed by atoms with Gasteiger partial charge in [0.15, 0.2) is 17.6 Å². The first-order valence-electron chi connectivity index (χ1n) is 9.30. The van der Waals surface area contributed by atoms with E-state index >= 15 is 0 Å². The first kappa shape index (κ1) is 17.7. The zero-order valence-electron chi connectivity index (χ0n) is 15.5. The van der Waals surface area contributed by atoms with Gasteiger partial charge in [0.2, 0.25) is 6.79 Å². The lowest BCUT2D eigenvalue weighted by Crippen LogP contribution is -2.51. The van der Waals surface area contributed by atoms with E-state index in [0.717, 1.165) is 32.7 Å². The summed E-state index contributed by atoms with van der Waals surface area (Å²) in [5, 5.41) is 0. The maximum absolute atomic E-state index is 12.7. The maximum Gasteiger partial charge on any atom is 0.263 e. The Morgan fingerprint density at radius 2 is 1.78 bits per heavy atom. The van der Waals surface area contributed by atoms with E-state index in [1.807, 2.05) is 11.0 Å². The number of nitrogens with zero attached hydrogens (tertiary/aromatic N) is 2. The molecule has 1 amide bonds. The average Bonchev–Trinajstić information content (AvgIpc) is 3.16. The Hall–Kier alpha value is -2.73. The summed E-state index contributed by atoms with van der Waals surface area (Å²) in [4.78, 5) is 17.0. The fourth-order valence-electron chi connectivity index (χ4n) is 3.43. The summed E-state index contributed by atoms with van der Waals surface area (Å²) < 4.78 is 16.5. The van der Waals surface area contributed by atoms with Crippen LogP contribution in [0.2, 0.25) is 0 Å². The molecule has 0 saturated carbocycles. The molecule has 2 aromatic carbocycles. The van der Waals surface area contributed by atoms with E-state index in [1.165, 1.54) is 5.56 Å². The number of hydrogen-bond acceptors (Lipinski definition) is 5. The molecule has 6 nitrogen and oxygen atoms in total. The van der Waals surface area contributed by atoms with Gasteiger partial charge in [0.05, 0.1) is 0 Å². The van der Waals surface area contributed by atoms with Crippen LogP contribution in [0, 0.1) is 0 Å². The van der Waals surface area contributed by atoms with Crippen molar-refractivity contribution in [2.45, 2.75) is 19.6 Å². The standard InChI is InChI=1S/C21H24N2O4/c1-16(27-18-7-8-19-20(13-18)26-15-25-19)21(24)23-11-9-22(10-12-23)14-17-5-3-2-4-6-17/h2-8,13,16H,9-12,14-15H2,1H3/t16-/m0/s1. The molecule has 2 aliphatic rings. The zero-order valence-corrected chi connectivity index (χ0v) is 15.5. The smallest absolute Gasteiger partial charge is 0.263 e. The van der Waals surface area contributed by atoms with Gasteiger partial charge in [0.25, 0.3) is 5.91 Å². The van der Waals surface area contributed by atoms with Crippen LogP contribution >= 0.6 is 0 Å². The van der Waals surface area contributed by atoms with Crippen molar-refractivity contribution in [3.8, 4) is 17.2 Å². The third-order valence-corrected chi connectivity index (χ3v) is 4.94. The highest BCUT2D eigenvalue weighted by molar-refractivity contribution is 5.81. The van der Waals surface area contributed by atoms with Crippen molar-refractivity contribution in [2.24, 2.45) is 0 Å². The third-order valence-electron chi connectivity index (χ3n) is 4.94. The van der Waals surface area contributed by atoms with E-state index in [0.29, 0.717) is 17.2 Å². The van der Waals surface area contributed by atoms with Gasteiger partial charge < -0.3 is 19.1 Å². The number of carbonyl (C=O) groups is 1. The second kappa shape index (κ2) is 7.88. The van der Waals surface area contributed by atoms with Crippen molar-refractivity contribution in [1.82, 2.24) is 9.80 Å². The molecule has 1 fully saturated rings. The lowest BCUT2D eigenvalue weighted by atomic mass is 10.2. The Morgan fingerprint density at radius 3 is 2.56 bits per heavy atom. The highest BCUT2D eigenvalue weighted by Gasteiger charge is 2.26. The topological polar surface area (TPSA) is 51.2 Å². The highest BCUT2D eigenvalue weighted by atomic mass is 16.7. The number of hydrogen-bond donors (Lipinski definition) is 0. The Labute approximate surface area is 159 Å². The highest BCUT2D eigenvalue weighted by Crippen LogP contribution is 2.35. The molecule has 27 heavy (non-hydrogen) atoms. The largest absolute Gasteiger partial charge is 0.481 e. The van der Waals surface area contributed by atoms with Gasteiger partial charge in [-0.15, -0.1) is 0 Å². The molecule has 0 radical (unpaired) electrons. The molecule has 0 N–H and O–H groups in total. The van der Waals surface area contributed by atoms with E-state index in [9.17, 15) is 4.79 Å². The van der Waals surface area contributed by atoms with Crippen molar-refractivity contribution >= 4 is 5.91 Å². The van der Waals surface area contributed by atoms with Gasteiger partial charge in [-0.1, -0.05) is 30.3 Å². The van der Waals surface area contributed by atoms with E-state index < -0.39 is 6.10 Å². The van der Waals surface area contributed by atoms with Crippen LogP contribution in [0.5, 0.6) is 17.2 Å². The molecule has 0 bridgehead atoms. The number of rotatable bonds is 5. The first-order chi connectivity index (χ1) is 13.2. The normalized spacial score (nSPS) is 17.6. The molecule has 0 aromatic heterocycles. The molecule has 2 aromatic rings. The summed E-state index contributed by atoms with van der Waals surface area (Å²) in [7, 11) is 0. The van der Waals surface area contributed by atoms with Crippen LogP contribution in [0.3, 0.4) is 0 Å². The third kappa shape index (κ3) is 4.17. The van der Waals surface area contributed by atoms with Crippen LogP contribution in [0.25, 0.3) is 0 Å². The summed E-state index contributed by atoms with van der Waals surface area (Å²) in [6.07, 6.45) is -0.536. The van der Waals surface area contributed by atoms with Crippen molar-refractivity contribution in [3.63, 3.8) is 0 Å². The van der Waals surface area contributed by atoms with Crippen molar-refractivity contribution in [1.29, 1.82) is 0 Å². The average molecular weight is 368 g/mol. The number of carbonyl (C=O) groups excluding carboxylic acids is 1. The van der Waals surface area contributed by atoms with E-state index in [1.54, 1.807) is 25.1 Å². The summed E-state index contributed by atoms with van der Waals surface area (Å²) in [6.45, 7) is 6.13. The molecule has 2 aliphatic heterocycles. The predicted molar refractivity (Wildman–Crippen MR) is 101 cm³/mol. The Balaban J connectivity index is 1.28. The minimum Gasteiger partial charge on any atom is -0.481 e. The summed E-state index contributed by atoms with van der Waals surface area (Å²) in [6, 6.07) is 15.8. The maximum atomic E-state index is 12.7. The SMILES string of the molecule is C[C@H](Oc1ccc2c(c1)OCO2)C(=O)N1CCN(Cc2ccccc2)CC1. The number of piperazine rings is 1. The molecule has 0 aliphatic carbocycles. The first-order valence-corrected chi connectivity index (χ1v) is 9.30. The second-order valence-electron chi connectivity index (χ2n) is 6.86. The van der Waals surface area contributed by atoms with E-state index in [2.05, 4.69) is 29.2 Å². The monoisotopic (exact) mass is 368 g/mol. The second-order valence-corrected chi connectivity index (χ2v) is 6.86. The van der Waals surface area contributed by atoms with Crippen molar-refractivity contribution < 1.29 is 19.0 Å². The number of ether oxygens (including phenoxy) is 3. The van der Waals surface area contributed by atoms with Crippen LogP contribution in [-0.4, -0.2) is 54.8 Å². The Morgan fingerprint density at radius 1 is 1.04 bits per heavy atom. The zero-order chi connectivity index (χ0) is 18.6. The van der Waals surface area contributed by atoms with Gasteiger partial charge in [0, 0.05) is 38.8 Å². The molecule has 0 spiro atoms. The minimum absolute atomic E-state index is 0.0204. The molecular formula is C21H24N2O4. The van der Waals surface area contributed by atoms with Crippen LogP contribution < -0.4 is 14.2 Å². The summed E-state index contributed by atoms with van der Waals surface area (Å²) >= 11 is 0. The van der Waals surface area contributed by atoms with Crippen molar-refractivity contribution in [3.05, 3.63) is 54.1 Å². The predicted octanol–water partition coefficient (Wildman–Crippen LogP) is 2.53. The minimum atomic E-state index is -0.536. The summed E-state index contributed by atoms with van der Waals surface area (Å²) in [5.41, 5.74) is 1.30. The van der Waals surface area contributed by atoms with Gasteiger partial charge in [-0.3, -0.25) is 9.69 Å². The summed E-state index contributed by atoms with van der Waals surface area (Å²) in [5.74, 6) is 1.99. The van der Waals surface area contributed by atoms with Gasteiger partial charge in [-0.05, 0) is 24.6 Å². The molecule has 142 valence electrons. The van der Waals surface area contributed by atoms with Gasteiger partial charge in [-0.2, -0.15) is 0 Å². The molecule has 2 heterocycles. The van der Waals surface area contributed by atoms with Gasteiger partial charge in [-0.25, -0.2) is 0 Å². The lowest BCUT2D eigenvalue weighted by molar-refractivity contribution is -0.139. The van der Waals surface area contributed by atoms with Crippen LogP contribution in [0.15, 0.2) is 48.5 Å². The van der Waals surface area contributed by atoms with Crippen LogP contribution in [-0.2, 0) is 11.3 Å². The quantitative estimate of drug-likeness (QED) is 0.812. The van der Waals surface area contributed by atoms with E-state index in [-0.39, 0.29) is 12.7 Å². The molecule has 1 saturated heterocycles. The van der Waals surface area contributed by atoms with Crippen LogP contribution in [0.4, 0.5) is 0 Å². The fraction of sp³-hybridized carbons (Fsp3) is 0.381. The number of fused-ring (bicyclic) bond motifs is 1. The Bertz CT molecular complexity index is 788. The molecule has 1 atom stereocenters. The number of amides is 1. The van der Waals surface area contributed by atoms with Crippen molar-refractivity contribution in [2.75, 3.05) is 33.0 Å². The van der Waals surface area contributed by atoms with Crippen LogP contribution in [0.1, 0.15) is 12.5 Å². The van der Waals surface area contributed by atoms with Gasteiger partial charge in [0.1, 0.15) is 5.75 Å². The molecular weight excluding hydrogens is 344 g/mol.